The van der Waals surface area contributed by atoms with Crippen LogP contribution in [0.4, 0.5) is 0 Å². The lowest BCUT2D eigenvalue weighted by atomic mass is 10.3. The van der Waals surface area contributed by atoms with E-state index in [1.807, 2.05) is 0 Å². The normalized spacial score (nSPS) is 27.6. The van der Waals surface area contributed by atoms with Crippen LogP contribution in [-0.4, -0.2) is 45.2 Å². The highest BCUT2D eigenvalue weighted by atomic mass is 32.2. The van der Waals surface area contributed by atoms with Gasteiger partial charge in [0.1, 0.15) is 5.75 Å². The van der Waals surface area contributed by atoms with Crippen LogP contribution < -0.4 is 0 Å². The minimum absolute atomic E-state index is 0.329. The van der Waals surface area contributed by atoms with E-state index in [0.717, 1.165) is 0 Å². The van der Waals surface area contributed by atoms with Gasteiger partial charge in [0.05, 0.1) is 18.5 Å². The number of methoxy groups -OCH3 is 1. The first-order valence-corrected chi connectivity index (χ1v) is 6.09. The smallest absolute Gasteiger partial charge is 0.320 e. The molecule has 0 aromatic rings. The SMILES string of the molecule is COC(=O)CS(=O)(=O)C1CCOC1C. The molecule has 0 bridgehead atoms. The van der Waals surface area contributed by atoms with Crippen molar-refractivity contribution in [3.8, 4) is 0 Å². The number of rotatable bonds is 3. The molecule has 0 saturated carbocycles. The van der Waals surface area contributed by atoms with E-state index in [0.29, 0.717) is 13.0 Å². The number of ether oxygens (including phenoxy) is 2. The van der Waals surface area contributed by atoms with Crippen LogP contribution in [-0.2, 0) is 24.1 Å². The van der Waals surface area contributed by atoms with Gasteiger partial charge in [0.2, 0.25) is 0 Å². The van der Waals surface area contributed by atoms with Gasteiger partial charge in [0.15, 0.2) is 9.84 Å². The first-order chi connectivity index (χ1) is 6.47. The quantitative estimate of drug-likeness (QED) is 0.616. The van der Waals surface area contributed by atoms with Gasteiger partial charge in [-0.3, -0.25) is 4.79 Å². The highest BCUT2D eigenvalue weighted by molar-refractivity contribution is 7.92. The standard InChI is InChI=1S/C8H14O5S/c1-6-7(3-4-13-6)14(10,11)5-8(9)12-2/h6-7H,3-5H2,1-2H3. The molecule has 0 amide bonds. The average Bonchev–Trinajstić information content (AvgIpc) is 2.51. The molecule has 0 aliphatic carbocycles. The third-order valence-corrected chi connectivity index (χ3v) is 4.49. The lowest BCUT2D eigenvalue weighted by Gasteiger charge is -2.13. The first kappa shape index (κ1) is 11.5. The van der Waals surface area contributed by atoms with Crippen LogP contribution in [0.1, 0.15) is 13.3 Å². The Morgan fingerprint density at radius 3 is 2.64 bits per heavy atom. The molecule has 0 spiro atoms. The fourth-order valence-electron chi connectivity index (χ4n) is 1.51. The van der Waals surface area contributed by atoms with Crippen LogP contribution in [0.5, 0.6) is 0 Å². The Bertz CT molecular complexity index is 308. The summed E-state index contributed by atoms with van der Waals surface area (Å²) in [7, 11) is -2.25. The van der Waals surface area contributed by atoms with Crippen LogP contribution in [0.3, 0.4) is 0 Å². The molecule has 2 unspecified atom stereocenters. The summed E-state index contributed by atoms with van der Waals surface area (Å²) >= 11 is 0. The molecule has 0 N–H and O–H groups in total. The topological polar surface area (TPSA) is 69.7 Å². The molecule has 82 valence electrons. The van der Waals surface area contributed by atoms with Gasteiger partial charge in [0, 0.05) is 6.61 Å². The maximum absolute atomic E-state index is 11.6. The molecule has 2 atom stereocenters. The van der Waals surface area contributed by atoms with Gasteiger partial charge in [-0.15, -0.1) is 0 Å². The summed E-state index contributed by atoms with van der Waals surface area (Å²) < 4.78 is 32.7. The monoisotopic (exact) mass is 222 g/mol. The molecule has 1 aliphatic rings. The number of sulfone groups is 1. The van der Waals surface area contributed by atoms with Crippen molar-refractivity contribution >= 4 is 15.8 Å². The second-order valence-electron chi connectivity index (χ2n) is 3.29. The van der Waals surface area contributed by atoms with E-state index in [1.54, 1.807) is 6.92 Å². The second-order valence-corrected chi connectivity index (χ2v) is 5.51. The fourth-order valence-corrected chi connectivity index (χ4v) is 3.29. The highest BCUT2D eigenvalue weighted by Gasteiger charge is 2.37. The average molecular weight is 222 g/mol. The zero-order valence-corrected chi connectivity index (χ0v) is 9.04. The minimum atomic E-state index is -3.42. The molecule has 1 fully saturated rings. The summed E-state index contributed by atoms with van der Waals surface area (Å²) in [5.74, 6) is -1.27. The Morgan fingerprint density at radius 1 is 1.57 bits per heavy atom. The highest BCUT2D eigenvalue weighted by Crippen LogP contribution is 2.21. The van der Waals surface area contributed by atoms with Crippen molar-refractivity contribution in [3.63, 3.8) is 0 Å². The molecule has 1 saturated heterocycles. The summed E-state index contributed by atoms with van der Waals surface area (Å²) in [5, 5.41) is -0.568. The maximum atomic E-state index is 11.6. The Labute approximate surface area is 83.3 Å². The van der Waals surface area contributed by atoms with E-state index >= 15 is 0 Å². The van der Waals surface area contributed by atoms with Crippen molar-refractivity contribution in [1.29, 1.82) is 0 Å². The molecule has 1 heterocycles. The van der Waals surface area contributed by atoms with E-state index in [-0.39, 0.29) is 6.10 Å². The predicted octanol–water partition coefficient (Wildman–Crippen LogP) is -0.248. The summed E-state index contributed by atoms with van der Waals surface area (Å²) in [4.78, 5) is 10.8. The molecule has 5 nitrogen and oxygen atoms in total. The van der Waals surface area contributed by atoms with Crippen molar-refractivity contribution in [2.75, 3.05) is 19.5 Å². The molecule has 14 heavy (non-hydrogen) atoms. The van der Waals surface area contributed by atoms with E-state index in [9.17, 15) is 13.2 Å². The third kappa shape index (κ3) is 2.45. The minimum Gasteiger partial charge on any atom is -0.468 e. The van der Waals surface area contributed by atoms with Crippen molar-refractivity contribution in [3.05, 3.63) is 0 Å². The first-order valence-electron chi connectivity index (χ1n) is 4.37. The molecule has 0 aromatic carbocycles. The lowest BCUT2D eigenvalue weighted by Crippen LogP contribution is -2.33. The molecule has 0 radical (unpaired) electrons. The maximum Gasteiger partial charge on any atom is 0.320 e. The zero-order valence-electron chi connectivity index (χ0n) is 8.23. The summed E-state index contributed by atoms with van der Waals surface area (Å²) in [6, 6.07) is 0. The van der Waals surface area contributed by atoms with Gasteiger partial charge in [-0.2, -0.15) is 0 Å². The fraction of sp³-hybridized carbons (Fsp3) is 0.875. The van der Waals surface area contributed by atoms with Crippen LogP contribution in [0.15, 0.2) is 0 Å². The number of hydrogen-bond donors (Lipinski definition) is 0. The van der Waals surface area contributed by atoms with Gasteiger partial charge in [-0.25, -0.2) is 8.42 Å². The Hall–Kier alpha value is -0.620. The van der Waals surface area contributed by atoms with Gasteiger partial charge < -0.3 is 9.47 Å². The van der Waals surface area contributed by atoms with E-state index in [2.05, 4.69) is 4.74 Å². The Morgan fingerprint density at radius 2 is 2.21 bits per heavy atom. The van der Waals surface area contributed by atoms with Crippen LogP contribution >= 0.6 is 0 Å². The lowest BCUT2D eigenvalue weighted by molar-refractivity contribution is -0.137. The van der Waals surface area contributed by atoms with Crippen LogP contribution in [0.2, 0.25) is 0 Å². The third-order valence-electron chi connectivity index (χ3n) is 2.31. The zero-order chi connectivity index (χ0) is 10.8. The van der Waals surface area contributed by atoms with Gasteiger partial charge in [-0.05, 0) is 13.3 Å². The second kappa shape index (κ2) is 4.27. The van der Waals surface area contributed by atoms with Gasteiger partial charge >= 0.3 is 5.97 Å². The van der Waals surface area contributed by atoms with Crippen molar-refractivity contribution < 1.29 is 22.7 Å². The molecular weight excluding hydrogens is 208 g/mol. The number of carbonyl (C=O) groups is 1. The molecular formula is C8H14O5S. The molecule has 6 heteroatoms. The predicted molar refractivity (Wildman–Crippen MR) is 49.6 cm³/mol. The Kier molecular flexibility index (Phi) is 3.49. The van der Waals surface area contributed by atoms with Crippen LogP contribution in [0, 0.1) is 0 Å². The number of carbonyl (C=O) groups excluding carboxylic acids is 1. The van der Waals surface area contributed by atoms with Crippen LogP contribution in [0.25, 0.3) is 0 Å². The molecule has 1 aliphatic heterocycles. The van der Waals surface area contributed by atoms with Crippen molar-refractivity contribution in [2.45, 2.75) is 24.7 Å². The van der Waals surface area contributed by atoms with E-state index in [4.69, 9.17) is 4.74 Å². The summed E-state index contributed by atoms with van der Waals surface area (Å²) in [5.41, 5.74) is 0. The van der Waals surface area contributed by atoms with Gasteiger partial charge in [-0.1, -0.05) is 0 Å². The molecule has 1 rings (SSSR count). The number of hydrogen-bond acceptors (Lipinski definition) is 5. The van der Waals surface area contributed by atoms with E-state index < -0.39 is 26.8 Å². The number of esters is 1. The Balaban J connectivity index is 2.70. The summed E-state index contributed by atoms with van der Waals surface area (Å²) in [6.07, 6.45) is 0.130. The largest absolute Gasteiger partial charge is 0.468 e. The van der Waals surface area contributed by atoms with Gasteiger partial charge in [0.25, 0.3) is 0 Å². The molecule has 0 aromatic heterocycles. The van der Waals surface area contributed by atoms with E-state index in [1.165, 1.54) is 7.11 Å². The van der Waals surface area contributed by atoms with Crippen molar-refractivity contribution in [1.82, 2.24) is 0 Å². The van der Waals surface area contributed by atoms with Crippen molar-refractivity contribution in [2.24, 2.45) is 0 Å². The summed E-state index contributed by atoms with van der Waals surface area (Å²) in [6.45, 7) is 2.14.